The summed E-state index contributed by atoms with van der Waals surface area (Å²) >= 11 is 1.33. The van der Waals surface area contributed by atoms with E-state index in [2.05, 4.69) is 36.2 Å². The van der Waals surface area contributed by atoms with Gasteiger partial charge in [-0.15, -0.1) is 0 Å². The summed E-state index contributed by atoms with van der Waals surface area (Å²) in [6, 6.07) is 23.1. The zero-order valence-corrected chi connectivity index (χ0v) is 21.1. The molecule has 1 fully saturated rings. The molecular weight excluding hydrogens is 472 g/mol. The maximum absolute atomic E-state index is 13.0. The van der Waals surface area contributed by atoms with Gasteiger partial charge in [-0.2, -0.15) is 0 Å². The summed E-state index contributed by atoms with van der Waals surface area (Å²) < 4.78 is 5.91. The molecule has 0 spiro atoms. The predicted octanol–water partition coefficient (Wildman–Crippen LogP) is 6.08. The summed E-state index contributed by atoms with van der Waals surface area (Å²) in [4.78, 5) is 30.7. The Balaban J connectivity index is 1.43. The lowest BCUT2D eigenvalue weighted by molar-refractivity contribution is -0.136. The standard InChI is InChI=1S/C29H28N2O4S/c1-3-20-5-7-23(8-6-20)19-35-25-15-11-21(12-16-25)17-26-28(34)31(4-2)29(36-26)30-24-13-9-22(10-14-24)18-27(32)33/h5-17H,3-4,18-19H2,1-2H3,(H,32,33)/b26-17-,30-29?. The highest BCUT2D eigenvalue weighted by Crippen LogP contribution is 2.34. The Morgan fingerprint density at radius 2 is 1.58 bits per heavy atom. The fraction of sp³-hybridized carbons (Fsp3) is 0.207. The van der Waals surface area contributed by atoms with Gasteiger partial charge < -0.3 is 9.84 Å². The van der Waals surface area contributed by atoms with Gasteiger partial charge in [-0.05, 0) is 77.7 Å². The molecule has 0 radical (unpaired) electrons. The van der Waals surface area contributed by atoms with Gasteiger partial charge in [0.2, 0.25) is 0 Å². The number of nitrogens with zero attached hydrogens (tertiary/aromatic N) is 2. The van der Waals surface area contributed by atoms with E-state index in [0.717, 1.165) is 23.3 Å². The summed E-state index contributed by atoms with van der Waals surface area (Å²) in [6.07, 6.45) is 2.85. The van der Waals surface area contributed by atoms with Crippen LogP contribution in [-0.4, -0.2) is 33.6 Å². The van der Waals surface area contributed by atoms with E-state index >= 15 is 0 Å². The zero-order chi connectivity index (χ0) is 25.5. The van der Waals surface area contributed by atoms with Crippen molar-refractivity contribution >= 4 is 40.6 Å². The van der Waals surface area contributed by atoms with Gasteiger partial charge >= 0.3 is 5.97 Å². The van der Waals surface area contributed by atoms with Gasteiger partial charge in [0.1, 0.15) is 12.4 Å². The monoisotopic (exact) mass is 500 g/mol. The third-order valence-corrected chi connectivity index (χ3v) is 6.74. The zero-order valence-electron chi connectivity index (χ0n) is 20.3. The van der Waals surface area contributed by atoms with E-state index in [-0.39, 0.29) is 12.3 Å². The van der Waals surface area contributed by atoms with Gasteiger partial charge in [-0.1, -0.05) is 55.5 Å². The van der Waals surface area contributed by atoms with Crippen molar-refractivity contribution in [3.63, 3.8) is 0 Å². The van der Waals surface area contributed by atoms with E-state index in [1.807, 2.05) is 37.3 Å². The number of hydrogen-bond donors (Lipinski definition) is 1. The molecule has 0 bridgehead atoms. The van der Waals surface area contributed by atoms with E-state index in [4.69, 9.17) is 9.84 Å². The molecule has 1 heterocycles. The third kappa shape index (κ3) is 6.43. The number of carbonyl (C=O) groups excluding carboxylic acids is 1. The van der Waals surface area contributed by atoms with Crippen molar-refractivity contribution in [2.24, 2.45) is 4.99 Å². The SMILES string of the molecule is CCc1ccc(COc2ccc(/C=C3\SC(=Nc4ccc(CC(=O)O)cc4)N(CC)C3=O)cc2)cc1. The number of aliphatic carboxylic acids is 1. The van der Waals surface area contributed by atoms with Crippen LogP contribution in [0.3, 0.4) is 0 Å². The maximum atomic E-state index is 13.0. The van der Waals surface area contributed by atoms with Gasteiger partial charge in [0.25, 0.3) is 5.91 Å². The Labute approximate surface area is 215 Å². The van der Waals surface area contributed by atoms with Crippen LogP contribution in [0, 0.1) is 0 Å². The molecule has 4 rings (SSSR count). The van der Waals surface area contributed by atoms with Gasteiger partial charge in [0.15, 0.2) is 5.17 Å². The Kier molecular flexibility index (Phi) is 8.23. The number of ether oxygens (including phenoxy) is 1. The van der Waals surface area contributed by atoms with E-state index in [1.165, 1.54) is 17.3 Å². The van der Waals surface area contributed by atoms with Crippen LogP contribution < -0.4 is 4.74 Å². The molecule has 0 aromatic heterocycles. The van der Waals surface area contributed by atoms with Crippen LogP contribution in [-0.2, 0) is 29.0 Å². The van der Waals surface area contributed by atoms with Gasteiger partial charge in [-0.3, -0.25) is 14.5 Å². The quantitative estimate of drug-likeness (QED) is 0.360. The minimum atomic E-state index is -0.876. The number of aryl methyl sites for hydroxylation is 1. The molecule has 1 amide bonds. The first-order valence-corrected chi connectivity index (χ1v) is 12.7. The number of thioether (sulfide) groups is 1. The highest BCUT2D eigenvalue weighted by molar-refractivity contribution is 8.18. The molecule has 7 heteroatoms. The minimum absolute atomic E-state index is 0.0338. The van der Waals surface area contributed by atoms with Crippen LogP contribution in [0.1, 0.15) is 36.1 Å². The molecule has 3 aromatic carbocycles. The fourth-order valence-electron chi connectivity index (χ4n) is 3.69. The smallest absolute Gasteiger partial charge is 0.307 e. The molecule has 0 saturated carbocycles. The number of amidine groups is 1. The van der Waals surface area contributed by atoms with E-state index in [9.17, 15) is 9.59 Å². The Hall–Kier alpha value is -3.84. The number of amides is 1. The lowest BCUT2D eigenvalue weighted by Gasteiger charge is -2.12. The van der Waals surface area contributed by atoms with Gasteiger partial charge in [0, 0.05) is 6.54 Å². The second kappa shape index (κ2) is 11.7. The lowest BCUT2D eigenvalue weighted by atomic mass is 10.1. The van der Waals surface area contributed by atoms with Crippen molar-refractivity contribution < 1.29 is 19.4 Å². The molecule has 1 aliphatic rings. The van der Waals surface area contributed by atoms with Crippen LogP contribution >= 0.6 is 11.8 Å². The van der Waals surface area contributed by atoms with Crippen LogP contribution in [0.2, 0.25) is 0 Å². The summed E-state index contributed by atoms with van der Waals surface area (Å²) in [6.45, 7) is 5.05. The second-order valence-electron chi connectivity index (χ2n) is 8.32. The van der Waals surface area contributed by atoms with Gasteiger partial charge in [0.05, 0.1) is 17.0 Å². The summed E-state index contributed by atoms with van der Waals surface area (Å²) in [5.41, 5.74) is 4.70. The first-order chi connectivity index (χ1) is 17.4. The number of aliphatic imine (C=N–C) groups is 1. The van der Waals surface area contributed by atoms with Crippen molar-refractivity contribution in [3.05, 3.63) is 100.0 Å². The number of rotatable bonds is 9. The van der Waals surface area contributed by atoms with E-state index < -0.39 is 5.97 Å². The molecule has 1 saturated heterocycles. The summed E-state index contributed by atoms with van der Waals surface area (Å²) in [7, 11) is 0. The number of carbonyl (C=O) groups is 2. The highest BCUT2D eigenvalue weighted by atomic mass is 32.2. The Morgan fingerprint density at radius 3 is 2.19 bits per heavy atom. The van der Waals surface area contributed by atoms with Crippen LogP contribution in [0.15, 0.2) is 82.7 Å². The fourth-order valence-corrected chi connectivity index (χ4v) is 4.76. The van der Waals surface area contributed by atoms with Crippen molar-refractivity contribution in [2.45, 2.75) is 33.3 Å². The number of hydrogen-bond acceptors (Lipinski definition) is 5. The topological polar surface area (TPSA) is 79.2 Å². The molecule has 0 atom stereocenters. The molecule has 0 unspecified atom stereocenters. The molecule has 0 aliphatic carbocycles. The Bertz CT molecular complexity index is 1280. The number of carboxylic acids is 1. The largest absolute Gasteiger partial charge is 0.489 e. The second-order valence-corrected chi connectivity index (χ2v) is 9.33. The molecule has 36 heavy (non-hydrogen) atoms. The number of carboxylic acid groups (broad SMARTS) is 1. The average Bonchev–Trinajstić information content (AvgIpc) is 3.18. The normalized spacial score (nSPS) is 15.6. The van der Waals surface area contributed by atoms with E-state index in [0.29, 0.717) is 34.5 Å². The number of likely N-dealkylation sites (N-methyl/N-ethyl adjacent to an activating group) is 1. The van der Waals surface area contributed by atoms with Crippen molar-refractivity contribution in [1.82, 2.24) is 4.90 Å². The predicted molar refractivity (Wildman–Crippen MR) is 144 cm³/mol. The van der Waals surface area contributed by atoms with Crippen molar-refractivity contribution in [1.29, 1.82) is 0 Å². The van der Waals surface area contributed by atoms with E-state index in [1.54, 1.807) is 29.2 Å². The summed E-state index contributed by atoms with van der Waals surface area (Å²) in [5, 5.41) is 9.53. The molecule has 3 aromatic rings. The first kappa shape index (κ1) is 25.3. The van der Waals surface area contributed by atoms with Crippen LogP contribution in [0.25, 0.3) is 6.08 Å². The van der Waals surface area contributed by atoms with Crippen LogP contribution in [0.5, 0.6) is 5.75 Å². The van der Waals surface area contributed by atoms with Crippen molar-refractivity contribution in [3.8, 4) is 5.75 Å². The Morgan fingerprint density at radius 1 is 0.944 bits per heavy atom. The lowest BCUT2D eigenvalue weighted by Crippen LogP contribution is -2.28. The summed E-state index contributed by atoms with van der Waals surface area (Å²) in [5.74, 6) is -0.190. The van der Waals surface area contributed by atoms with Gasteiger partial charge in [-0.25, -0.2) is 4.99 Å². The van der Waals surface area contributed by atoms with Crippen molar-refractivity contribution in [2.75, 3.05) is 6.54 Å². The highest BCUT2D eigenvalue weighted by Gasteiger charge is 2.32. The average molecular weight is 501 g/mol. The molecule has 184 valence electrons. The first-order valence-electron chi connectivity index (χ1n) is 11.9. The minimum Gasteiger partial charge on any atom is -0.489 e. The van der Waals surface area contributed by atoms with Crippen LogP contribution in [0.4, 0.5) is 5.69 Å². The molecule has 1 aliphatic heterocycles. The molecular formula is C29H28N2O4S. The maximum Gasteiger partial charge on any atom is 0.307 e. The number of benzene rings is 3. The molecule has 1 N–H and O–H groups in total. The third-order valence-electron chi connectivity index (χ3n) is 5.74. The molecule has 6 nitrogen and oxygen atoms in total.